The van der Waals surface area contributed by atoms with Crippen LogP contribution in [0.3, 0.4) is 0 Å². The van der Waals surface area contributed by atoms with Gasteiger partial charge in [-0.15, -0.1) is 0 Å². The lowest BCUT2D eigenvalue weighted by molar-refractivity contribution is 0.414. The molecule has 0 aliphatic carbocycles. The molecular weight excluding hydrogens is 358 g/mol. The number of sulfone groups is 1. The van der Waals surface area contributed by atoms with Crippen LogP contribution in [0.15, 0.2) is 57.2 Å². The maximum Gasteiger partial charge on any atom is 0.203 e. The Morgan fingerprint density at radius 1 is 1.35 bits per heavy atom. The summed E-state index contributed by atoms with van der Waals surface area (Å²) in [7, 11) is -3.59. The van der Waals surface area contributed by atoms with Crippen molar-refractivity contribution in [3.05, 3.63) is 58.5 Å². The monoisotopic (exact) mass is 373 g/mol. The zero-order valence-electron chi connectivity index (χ0n) is 12.1. The third kappa shape index (κ3) is 5.81. The lowest BCUT2D eigenvalue weighted by Gasteiger charge is -2.06. The Morgan fingerprint density at radius 2 is 2.09 bits per heavy atom. The van der Waals surface area contributed by atoms with Gasteiger partial charge in [0.15, 0.2) is 0 Å². The van der Waals surface area contributed by atoms with E-state index in [9.17, 15) is 8.42 Å². The first-order valence-corrected chi connectivity index (χ1v) is 9.74. The molecular formula is C14H16ClN3O3S2. The third-order valence-corrected chi connectivity index (χ3v) is 5.48. The number of benzene rings is 1. The van der Waals surface area contributed by atoms with E-state index in [1.54, 1.807) is 17.8 Å². The Bertz CT molecular complexity index is 744. The van der Waals surface area contributed by atoms with Gasteiger partial charge in [0.25, 0.3) is 0 Å². The second-order valence-electron chi connectivity index (χ2n) is 4.54. The Hall–Kier alpha value is -1.64. The molecule has 23 heavy (non-hydrogen) atoms. The molecule has 0 atom stereocenters. The van der Waals surface area contributed by atoms with Crippen LogP contribution in [0, 0.1) is 0 Å². The second kappa shape index (κ2) is 8.28. The fraction of sp³-hybridized carbons (Fsp3) is 0.214. The Kier molecular flexibility index (Phi) is 6.37. The molecule has 2 rings (SSSR count). The van der Waals surface area contributed by atoms with Crippen LogP contribution >= 0.6 is 23.4 Å². The highest BCUT2D eigenvalue weighted by atomic mass is 35.5. The Morgan fingerprint density at radius 3 is 2.74 bits per heavy atom. The van der Waals surface area contributed by atoms with E-state index >= 15 is 0 Å². The summed E-state index contributed by atoms with van der Waals surface area (Å²) < 4.78 is 29.0. The highest BCUT2D eigenvalue weighted by Gasteiger charge is 2.11. The first kappa shape index (κ1) is 17.7. The molecule has 2 aromatic rings. The molecule has 0 spiro atoms. The first-order chi connectivity index (χ1) is 11.0. The molecule has 0 radical (unpaired) electrons. The van der Waals surface area contributed by atoms with Crippen molar-refractivity contribution in [1.82, 2.24) is 10.5 Å². The Labute approximate surface area is 144 Å². The summed E-state index contributed by atoms with van der Waals surface area (Å²) in [6.07, 6.45) is 1.52. The molecule has 6 nitrogen and oxygen atoms in total. The van der Waals surface area contributed by atoms with Crippen LogP contribution in [0.4, 0.5) is 0 Å². The molecule has 1 heterocycles. The van der Waals surface area contributed by atoms with Crippen molar-refractivity contribution in [3.63, 3.8) is 0 Å². The summed E-state index contributed by atoms with van der Waals surface area (Å²) in [6, 6.07) is 7.72. The Balaban J connectivity index is 1.80. The van der Waals surface area contributed by atoms with Crippen molar-refractivity contribution < 1.29 is 12.9 Å². The van der Waals surface area contributed by atoms with Crippen LogP contribution in [0.2, 0.25) is 5.02 Å². The van der Waals surface area contributed by atoms with Gasteiger partial charge in [-0.1, -0.05) is 16.8 Å². The third-order valence-electron chi connectivity index (χ3n) is 2.74. The number of aromatic nitrogens is 1. The van der Waals surface area contributed by atoms with Crippen LogP contribution in [0.1, 0.15) is 5.69 Å². The predicted molar refractivity (Wildman–Crippen MR) is 91.6 cm³/mol. The van der Waals surface area contributed by atoms with Crippen LogP contribution in [-0.4, -0.2) is 25.9 Å². The topological polar surface area (TPSA) is 98.2 Å². The molecule has 3 N–H and O–H groups in total. The number of thioether (sulfide) groups is 1. The summed E-state index contributed by atoms with van der Waals surface area (Å²) in [5.41, 5.74) is 6.58. The van der Waals surface area contributed by atoms with Gasteiger partial charge in [-0.05, 0) is 24.3 Å². The normalized spacial score (nSPS) is 12.3. The van der Waals surface area contributed by atoms with Crippen molar-refractivity contribution >= 4 is 33.2 Å². The van der Waals surface area contributed by atoms with E-state index in [1.807, 2.05) is 0 Å². The zero-order valence-corrected chi connectivity index (χ0v) is 14.5. The molecule has 0 fully saturated rings. The van der Waals surface area contributed by atoms with Gasteiger partial charge in [0, 0.05) is 29.1 Å². The van der Waals surface area contributed by atoms with Crippen LogP contribution in [0.25, 0.3) is 0 Å². The SMILES string of the molecule is NC(=CS(=O)(=O)c1ccc(Cl)cc1)NCCSCc1ccon1. The van der Waals surface area contributed by atoms with Gasteiger partial charge in [0.05, 0.1) is 16.0 Å². The average Bonchev–Trinajstić information content (AvgIpc) is 3.00. The summed E-state index contributed by atoms with van der Waals surface area (Å²) in [4.78, 5) is 0.145. The van der Waals surface area contributed by atoms with Gasteiger partial charge in [0.2, 0.25) is 9.84 Å². The number of nitrogens with one attached hydrogen (secondary N) is 1. The maximum atomic E-state index is 12.1. The zero-order chi connectivity index (χ0) is 16.7. The van der Waals surface area contributed by atoms with Crippen molar-refractivity contribution in [3.8, 4) is 0 Å². The highest BCUT2D eigenvalue weighted by molar-refractivity contribution is 7.98. The maximum absolute atomic E-state index is 12.1. The van der Waals surface area contributed by atoms with Gasteiger partial charge in [0.1, 0.15) is 12.1 Å². The highest BCUT2D eigenvalue weighted by Crippen LogP contribution is 2.16. The number of rotatable bonds is 8. The van der Waals surface area contributed by atoms with Gasteiger partial charge in [-0.3, -0.25) is 0 Å². The van der Waals surface area contributed by atoms with E-state index in [4.69, 9.17) is 21.9 Å². The van der Waals surface area contributed by atoms with E-state index in [0.29, 0.717) is 11.6 Å². The molecule has 0 saturated heterocycles. The smallest absolute Gasteiger partial charge is 0.203 e. The number of nitrogens with zero attached hydrogens (tertiary/aromatic N) is 1. The van der Waals surface area contributed by atoms with Gasteiger partial charge < -0.3 is 15.6 Å². The quantitative estimate of drug-likeness (QED) is 0.685. The molecule has 1 aromatic heterocycles. The largest absolute Gasteiger partial charge is 0.385 e. The summed E-state index contributed by atoms with van der Waals surface area (Å²) in [6.45, 7) is 0.543. The number of hydrogen-bond acceptors (Lipinski definition) is 7. The van der Waals surface area contributed by atoms with E-state index in [0.717, 1.165) is 22.6 Å². The molecule has 1 aromatic carbocycles. The number of halogens is 1. The van der Waals surface area contributed by atoms with Gasteiger partial charge in [-0.2, -0.15) is 11.8 Å². The summed E-state index contributed by atoms with van der Waals surface area (Å²) in [5.74, 6) is 1.58. The van der Waals surface area contributed by atoms with Crippen molar-refractivity contribution in [2.75, 3.05) is 12.3 Å². The van der Waals surface area contributed by atoms with E-state index in [-0.39, 0.29) is 10.7 Å². The number of nitrogens with two attached hydrogens (primary N) is 1. The minimum atomic E-state index is -3.59. The molecule has 9 heteroatoms. The summed E-state index contributed by atoms with van der Waals surface area (Å²) >= 11 is 7.38. The lowest BCUT2D eigenvalue weighted by Crippen LogP contribution is -2.23. The first-order valence-electron chi connectivity index (χ1n) is 6.66. The molecule has 0 unspecified atom stereocenters. The minimum Gasteiger partial charge on any atom is -0.385 e. The lowest BCUT2D eigenvalue weighted by atomic mass is 10.4. The fourth-order valence-electron chi connectivity index (χ4n) is 1.66. The fourth-order valence-corrected chi connectivity index (χ4v) is 3.60. The van der Waals surface area contributed by atoms with E-state index in [1.165, 1.54) is 30.5 Å². The standard InChI is InChI=1S/C14H16ClN3O3S2/c15-11-1-3-13(4-2-11)23(19,20)10-14(16)17-6-8-22-9-12-5-7-21-18-12/h1-5,7,10,17H,6,8-9,16H2. The number of hydrogen-bond donors (Lipinski definition) is 2. The predicted octanol–water partition coefficient (Wildman–Crippen LogP) is 2.38. The molecule has 0 aliphatic rings. The van der Waals surface area contributed by atoms with E-state index < -0.39 is 9.84 Å². The van der Waals surface area contributed by atoms with Crippen molar-refractivity contribution in [2.45, 2.75) is 10.6 Å². The molecule has 124 valence electrons. The van der Waals surface area contributed by atoms with Gasteiger partial charge >= 0.3 is 0 Å². The summed E-state index contributed by atoms with van der Waals surface area (Å²) in [5, 5.41) is 8.15. The van der Waals surface area contributed by atoms with Crippen LogP contribution in [0.5, 0.6) is 0 Å². The minimum absolute atomic E-state index is 0.0991. The molecule has 0 bridgehead atoms. The van der Waals surface area contributed by atoms with Crippen LogP contribution < -0.4 is 11.1 Å². The average molecular weight is 374 g/mol. The second-order valence-corrected chi connectivity index (χ2v) is 7.88. The van der Waals surface area contributed by atoms with Crippen molar-refractivity contribution in [1.29, 1.82) is 0 Å². The van der Waals surface area contributed by atoms with Crippen molar-refractivity contribution in [2.24, 2.45) is 5.73 Å². The van der Waals surface area contributed by atoms with Gasteiger partial charge in [-0.25, -0.2) is 8.42 Å². The van der Waals surface area contributed by atoms with E-state index in [2.05, 4.69) is 10.5 Å². The molecule has 0 amide bonds. The molecule has 0 saturated carbocycles. The molecule has 0 aliphatic heterocycles. The van der Waals surface area contributed by atoms with Crippen LogP contribution in [-0.2, 0) is 15.6 Å².